The molecule has 0 amide bonds. The topological polar surface area (TPSA) is 56.8 Å². The number of nitrogens with one attached hydrogen (secondary N) is 1. The minimum Gasteiger partial charge on any atom is -0.378 e. The number of fused-ring (bicyclic) bond motifs is 1. The molecule has 1 N–H and O–H groups in total. The zero-order valence-corrected chi connectivity index (χ0v) is 17.2. The second kappa shape index (κ2) is 8.06. The van der Waals surface area contributed by atoms with Gasteiger partial charge in [0.1, 0.15) is 0 Å². The lowest BCUT2D eigenvalue weighted by atomic mass is 10.1. The zero-order chi connectivity index (χ0) is 19.6. The van der Waals surface area contributed by atoms with Crippen LogP contribution in [0.15, 0.2) is 30.5 Å². The summed E-state index contributed by atoms with van der Waals surface area (Å²) in [6.07, 6.45) is 7.18. The third-order valence-corrected chi connectivity index (χ3v) is 6.37. The molecule has 7 nitrogen and oxygen atoms in total. The minimum atomic E-state index is 0.623. The molecule has 3 heterocycles. The molecule has 2 aliphatic heterocycles. The lowest BCUT2D eigenvalue weighted by Gasteiger charge is -2.39. The van der Waals surface area contributed by atoms with Crippen molar-refractivity contribution in [3.8, 4) is 0 Å². The van der Waals surface area contributed by atoms with Gasteiger partial charge in [0.15, 0.2) is 5.82 Å². The van der Waals surface area contributed by atoms with Gasteiger partial charge in [0.25, 0.3) is 0 Å². The zero-order valence-electron chi connectivity index (χ0n) is 17.2. The van der Waals surface area contributed by atoms with Crippen LogP contribution in [0.3, 0.4) is 0 Å². The van der Waals surface area contributed by atoms with Crippen molar-refractivity contribution in [2.75, 3.05) is 66.5 Å². The molecule has 0 bridgehead atoms. The summed E-state index contributed by atoms with van der Waals surface area (Å²) in [6.45, 7) is 5.57. The fourth-order valence-corrected chi connectivity index (χ4v) is 4.67. The van der Waals surface area contributed by atoms with Gasteiger partial charge in [-0.15, -0.1) is 0 Å². The molecule has 1 aromatic heterocycles. The fraction of sp³-hybridized carbons (Fsp3) is 0.545. The molecular formula is C22H30N6O. The summed E-state index contributed by atoms with van der Waals surface area (Å²) in [5, 5.41) is 3.40. The Bertz CT molecular complexity index is 830. The van der Waals surface area contributed by atoms with Crippen molar-refractivity contribution in [2.24, 2.45) is 0 Å². The Morgan fingerprint density at radius 2 is 1.76 bits per heavy atom. The summed E-state index contributed by atoms with van der Waals surface area (Å²) in [4.78, 5) is 16.7. The number of benzene rings is 1. The number of likely N-dealkylation sites (N-methyl/N-ethyl adjacent to an activating group) is 1. The van der Waals surface area contributed by atoms with E-state index in [-0.39, 0.29) is 0 Å². The average molecular weight is 395 g/mol. The molecule has 0 atom stereocenters. The van der Waals surface area contributed by atoms with Crippen molar-refractivity contribution in [2.45, 2.75) is 31.7 Å². The second-order valence-corrected chi connectivity index (χ2v) is 8.23. The Kier molecular flexibility index (Phi) is 5.14. The Balaban J connectivity index is 1.34. The van der Waals surface area contributed by atoms with Gasteiger partial charge in [-0.05, 0) is 37.1 Å². The van der Waals surface area contributed by atoms with Crippen LogP contribution in [0.1, 0.15) is 25.7 Å². The van der Waals surface area contributed by atoms with Crippen LogP contribution in [0.5, 0.6) is 0 Å². The maximum Gasteiger partial charge on any atom is 0.229 e. The molecule has 1 saturated heterocycles. The van der Waals surface area contributed by atoms with E-state index in [4.69, 9.17) is 9.72 Å². The highest BCUT2D eigenvalue weighted by molar-refractivity contribution is 5.71. The third kappa shape index (κ3) is 3.83. The molecule has 0 spiro atoms. The van der Waals surface area contributed by atoms with Crippen LogP contribution >= 0.6 is 0 Å². The Morgan fingerprint density at radius 1 is 1.00 bits per heavy atom. The number of hydrogen-bond donors (Lipinski definition) is 1. The van der Waals surface area contributed by atoms with Crippen molar-refractivity contribution >= 4 is 28.8 Å². The highest BCUT2D eigenvalue weighted by Gasteiger charge is 2.30. The highest BCUT2D eigenvalue weighted by Crippen LogP contribution is 2.36. The molecule has 154 valence electrons. The van der Waals surface area contributed by atoms with E-state index in [0.717, 1.165) is 56.6 Å². The maximum atomic E-state index is 5.44. The van der Waals surface area contributed by atoms with E-state index in [9.17, 15) is 0 Å². The first kappa shape index (κ1) is 18.5. The molecule has 3 aliphatic rings. The van der Waals surface area contributed by atoms with Gasteiger partial charge in [-0.1, -0.05) is 12.8 Å². The fourth-order valence-electron chi connectivity index (χ4n) is 4.67. The normalized spacial score (nSPS) is 20.1. The van der Waals surface area contributed by atoms with Crippen molar-refractivity contribution in [1.82, 2.24) is 9.97 Å². The number of ether oxygens (including phenoxy) is 1. The van der Waals surface area contributed by atoms with E-state index in [1.807, 2.05) is 6.20 Å². The highest BCUT2D eigenvalue weighted by atomic mass is 16.5. The van der Waals surface area contributed by atoms with E-state index in [0.29, 0.717) is 12.0 Å². The number of hydrogen-bond acceptors (Lipinski definition) is 7. The van der Waals surface area contributed by atoms with Crippen LogP contribution in [0, 0.1) is 0 Å². The van der Waals surface area contributed by atoms with Gasteiger partial charge in [-0.2, -0.15) is 4.98 Å². The van der Waals surface area contributed by atoms with Crippen molar-refractivity contribution in [3.63, 3.8) is 0 Å². The van der Waals surface area contributed by atoms with Gasteiger partial charge >= 0.3 is 0 Å². The quantitative estimate of drug-likeness (QED) is 0.854. The number of nitrogens with zero attached hydrogens (tertiary/aromatic N) is 5. The van der Waals surface area contributed by atoms with E-state index in [1.165, 1.54) is 31.4 Å². The smallest absolute Gasteiger partial charge is 0.229 e. The molecule has 0 unspecified atom stereocenters. The molecule has 1 saturated carbocycles. The number of rotatable bonds is 4. The SMILES string of the molecule is CN1CCN(C2CCCC2)c2nc(Nc3ccc(N4CCOCC4)cc3)ncc21. The second-order valence-electron chi connectivity index (χ2n) is 8.23. The van der Waals surface area contributed by atoms with Gasteiger partial charge in [0.2, 0.25) is 5.95 Å². The number of aromatic nitrogens is 2. The average Bonchev–Trinajstić information content (AvgIpc) is 3.30. The Hall–Kier alpha value is -2.54. The molecular weight excluding hydrogens is 364 g/mol. The number of morpholine rings is 1. The van der Waals surface area contributed by atoms with Crippen molar-refractivity contribution < 1.29 is 4.74 Å². The van der Waals surface area contributed by atoms with Gasteiger partial charge in [-0.3, -0.25) is 0 Å². The van der Waals surface area contributed by atoms with Gasteiger partial charge < -0.3 is 24.8 Å². The molecule has 2 fully saturated rings. The first-order valence-electron chi connectivity index (χ1n) is 10.8. The van der Waals surface area contributed by atoms with E-state index in [1.54, 1.807) is 0 Å². The predicted molar refractivity (Wildman–Crippen MR) is 118 cm³/mol. The Morgan fingerprint density at radius 3 is 2.52 bits per heavy atom. The largest absolute Gasteiger partial charge is 0.378 e. The molecule has 0 radical (unpaired) electrons. The minimum absolute atomic E-state index is 0.623. The maximum absolute atomic E-state index is 5.44. The Labute approximate surface area is 172 Å². The monoisotopic (exact) mass is 394 g/mol. The van der Waals surface area contributed by atoms with E-state index in [2.05, 4.69) is 56.3 Å². The molecule has 1 aromatic carbocycles. The van der Waals surface area contributed by atoms with Crippen molar-refractivity contribution in [1.29, 1.82) is 0 Å². The summed E-state index contributed by atoms with van der Waals surface area (Å²) in [6, 6.07) is 9.15. The van der Waals surface area contributed by atoms with Crippen LogP contribution in [0.2, 0.25) is 0 Å². The lowest BCUT2D eigenvalue weighted by molar-refractivity contribution is 0.122. The van der Waals surface area contributed by atoms with Gasteiger partial charge in [0.05, 0.1) is 25.1 Å². The molecule has 1 aliphatic carbocycles. The number of anilines is 5. The van der Waals surface area contributed by atoms with Gasteiger partial charge in [0, 0.05) is 50.6 Å². The van der Waals surface area contributed by atoms with Crippen LogP contribution in [-0.2, 0) is 4.74 Å². The van der Waals surface area contributed by atoms with Crippen LogP contribution in [0.4, 0.5) is 28.8 Å². The van der Waals surface area contributed by atoms with Crippen LogP contribution in [0.25, 0.3) is 0 Å². The lowest BCUT2D eigenvalue weighted by Crippen LogP contribution is -2.44. The summed E-state index contributed by atoms with van der Waals surface area (Å²) < 4.78 is 5.44. The first-order chi connectivity index (χ1) is 14.3. The first-order valence-corrected chi connectivity index (χ1v) is 10.8. The molecule has 5 rings (SSSR count). The van der Waals surface area contributed by atoms with E-state index >= 15 is 0 Å². The summed E-state index contributed by atoms with van der Waals surface area (Å²) in [5.74, 6) is 1.74. The summed E-state index contributed by atoms with van der Waals surface area (Å²) >= 11 is 0. The van der Waals surface area contributed by atoms with Crippen LogP contribution < -0.4 is 20.0 Å². The summed E-state index contributed by atoms with van der Waals surface area (Å²) in [5.41, 5.74) is 3.38. The predicted octanol–water partition coefficient (Wildman–Crippen LogP) is 3.26. The molecule has 29 heavy (non-hydrogen) atoms. The van der Waals surface area contributed by atoms with E-state index < -0.39 is 0 Å². The standard InChI is InChI=1S/C22H30N6O/c1-26-10-11-28(19-4-2-3-5-19)21-20(26)16-23-22(25-21)24-17-6-8-18(9-7-17)27-12-14-29-15-13-27/h6-9,16,19H,2-5,10-15H2,1H3,(H,23,24,25). The summed E-state index contributed by atoms with van der Waals surface area (Å²) in [7, 11) is 2.13. The third-order valence-electron chi connectivity index (χ3n) is 6.37. The molecule has 2 aromatic rings. The molecule has 7 heteroatoms. The van der Waals surface area contributed by atoms with Gasteiger partial charge in [-0.25, -0.2) is 4.98 Å². The van der Waals surface area contributed by atoms with Crippen molar-refractivity contribution in [3.05, 3.63) is 30.5 Å². The van der Waals surface area contributed by atoms with Crippen LogP contribution in [-0.4, -0.2) is 62.5 Å².